The van der Waals surface area contributed by atoms with E-state index in [9.17, 15) is 4.79 Å². The second kappa shape index (κ2) is 18.7. The van der Waals surface area contributed by atoms with E-state index in [4.69, 9.17) is 23.7 Å². The minimum absolute atomic E-state index is 0.0401. The Bertz CT molecular complexity index is 2310. The van der Waals surface area contributed by atoms with E-state index in [-0.39, 0.29) is 18.0 Å². The van der Waals surface area contributed by atoms with Crippen molar-refractivity contribution in [2.24, 2.45) is 0 Å². The second-order valence-electron chi connectivity index (χ2n) is 14.5. The molecule has 1 aromatic heterocycles. The Morgan fingerprint density at radius 3 is 1.84 bits per heavy atom. The maximum atomic E-state index is 14.5. The zero-order chi connectivity index (χ0) is 38.8. The van der Waals surface area contributed by atoms with Gasteiger partial charge in [-0.25, -0.2) is 0 Å². The number of fused-ring (bicyclic) bond motifs is 1. The highest BCUT2D eigenvalue weighted by Crippen LogP contribution is 2.42. The van der Waals surface area contributed by atoms with Crippen molar-refractivity contribution < 1.29 is 28.5 Å². The average molecular weight is 775 g/mol. The number of carbonyl (C=O) groups excluding carboxylic acids is 1. The Morgan fingerprint density at radius 2 is 1.21 bits per heavy atom. The zero-order valence-electron chi connectivity index (χ0n) is 32.0. The van der Waals surface area contributed by atoms with Crippen LogP contribution in [0.2, 0.25) is 0 Å². The molecule has 57 heavy (non-hydrogen) atoms. The number of rotatable bonds is 16. The van der Waals surface area contributed by atoms with Gasteiger partial charge < -0.3 is 23.7 Å². The van der Waals surface area contributed by atoms with Gasteiger partial charge in [0.15, 0.2) is 0 Å². The summed E-state index contributed by atoms with van der Waals surface area (Å²) in [5, 5.41) is 1.05. The Labute approximate surface area is 338 Å². The van der Waals surface area contributed by atoms with Crippen molar-refractivity contribution in [3.05, 3.63) is 208 Å². The molecule has 0 amide bonds. The molecule has 1 aliphatic heterocycles. The molecule has 2 heterocycles. The van der Waals surface area contributed by atoms with Crippen molar-refractivity contribution in [3.8, 4) is 5.75 Å². The standard InChI is InChI=1S/C50H46O6S/c1-35-26-44(53-31-37-18-8-3-9-19-37)43(29-42(35)48(51)47-27-40-24-14-15-25-46(40)57-47)49-50(55-33-39-22-12-5-13-23-39)45(54-32-38-20-10-4-11-21-38)28-41(56-49)34-52-30-36-16-6-2-7-17-36/h2-27,29,41,45,49-50H,28,30-34H2,1H3. The Balaban J connectivity index is 1.19. The van der Waals surface area contributed by atoms with Crippen LogP contribution >= 0.6 is 11.3 Å². The Hall–Kier alpha value is -5.41. The number of thiophene rings is 1. The first kappa shape index (κ1) is 38.5. The maximum absolute atomic E-state index is 14.5. The lowest BCUT2D eigenvalue weighted by molar-refractivity contribution is -0.219. The van der Waals surface area contributed by atoms with Crippen LogP contribution in [0.15, 0.2) is 164 Å². The quantitative estimate of drug-likeness (QED) is 0.0911. The van der Waals surface area contributed by atoms with Gasteiger partial charge in [0, 0.05) is 22.2 Å². The molecule has 1 fully saturated rings. The van der Waals surface area contributed by atoms with Crippen molar-refractivity contribution in [1.82, 2.24) is 0 Å². The SMILES string of the molecule is Cc1cc(OCc2ccccc2)c(C2OC(COCc3ccccc3)CC(OCc3ccccc3)C2OCc2ccccc2)cc1C(=O)c1cc2ccccc2s1. The lowest BCUT2D eigenvalue weighted by Crippen LogP contribution is -2.47. The summed E-state index contributed by atoms with van der Waals surface area (Å²) in [5.74, 6) is 0.594. The van der Waals surface area contributed by atoms with E-state index in [0.717, 1.165) is 43.5 Å². The first-order chi connectivity index (χ1) is 28.1. The molecular weight excluding hydrogens is 729 g/mol. The zero-order valence-corrected chi connectivity index (χ0v) is 32.8. The van der Waals surface area contributed by atoms with E-state index in [1.807, 2.05) is 128 Å². The predicted octanol–water partition coefficient (Wildman–Crippen LogP) is 11.2. The summed E-state index contributed by atoms with van der Waals surface area (Å²) in [4.78, 5) is 15.2. The van der Waals surface area contributed by atoms with Crippen LogP contribution in [0.25, 0.3) is 10.1 Å². The number of benzene rings is 6. The van der Waals surface area contributed by atoms with Crippen molar-refractivity contribution >= 4 is 27.2 Å². The highest BCUT2D eigenvalue weighted by molar-refractivity contribution is 7.21. The lowest BCUT2D eigenvalue weighted by atomic mass is 9.89. The van der Waals surface area contributed by atoms with Gasteiger partial charge in [-0.3, -0.25) is 4.79 Å². The van der Waals surface area contributed by atoms with Crippen LogP contribution in [-0.2, 0) is 45.4 Å². The van der Waals surface area contributed by atoms with E-state index in [1.54, 1.807) is 0 Å². The van der Waals surface area contributed by atoms with Crippen LogP contribution in [0.3, 0.4) is 0 Å². The molecule has 288 valence electrons. The number of ether oxygens (including phenoxy) is 5. The van der Waals surface area contributed by atoms with Gasteiger partial charge >= 0.3 is 0 Å². The van der Waals surface area contributed by atoms with Crippen LogP contribution in [0.5, 0.6) is 5.75 Å². The monoisotopic (exact) mass is 774 g/mol. The Morgan fingerprint density at radius 1 is 0.649 bits per heavy atom. The molecule has 6 nitrogen and oxygen atoms in total. The third kappa shape index (κ3) is 9.77. The number of aryl methyl sites for hydroxylation is 1. The predicted molar refractivity (Wildman–Crippen MR) is 226 cm³/mol. The van der Waals surface area contributed by atoms with Crippen molar-refractivity contribution in [1.29, 1.82) is 0 Å². The van der Waals surface area contributed by atoms with Gasteiger partial charge in [0.25, 0.3) is 0 Å². The van der Waals surface area contributed by atoms with Crippen LogP contribution in [0.4, 0.5) is 0 Å². The van der Waals surface area contributed by atoms with Gasteiger partial charge in [-0.2, -0.15) is 0 Å². The van der Waals surface area contributed by atoms with Crippen LogP contribution in [0, 0.1) is 6.92 Å². The highest BCUT2D eigenvalue weighted by atomic mass is 32.1. The molecule has 8 rings (SSSR count). The summed E-state index contributed by atoms with van der Waals surface area (Å²) in [6.45, 7) is 3.88. The molecular formula is C50H46O6S. The molecule has 1 saturated heterocycles. The molecule has 7 heteroatoms. The fraction of sp³-hybridized carbons (Fsp3) is 0.220. The van der Waals surface area contributed by atoms with Crippen LogP contribution in [-0.4, -0.2) is 30.7 Å². The third-order valence-corrected chi connectivity index (χ3v) is 11.4. The van der Waals surface area contributed by atoms with Crippen molar-refractivity contribution in [3.63, 3.8) is 0 Å². The van der Waals surface area contributed by atoms with Crippen molar-refractivity contribution in [2.45, 2.75) is 64.2 Å². The van der Waals surface area contributed by atoms with Crippen LogP contribution in [0.1, 0.15) is 61.1 Å². The fourth-order valence-electron chi connectivity index (χ4n) is 7.32. The minimum Gasteiger partial charge on any atom is -0.489 e. The fourth-order valence-corrected chi connectivity index (χ4v) is 8.34. The van der Waals surface area contributed by atoms with Gasteiger partial charge in [0.1, 0.15) is 24.6 Å². The van der Waals surface area contributed by atoms with E-state index < -0.39 is 12.2 Å². The second-order valence-corrected chi connectivity index (χ2v) is 15.6. The van der Waals surface area contributed by atoms with Gasteiger partial charge in [0.05, 0.1) is 43.5 Å². The van der Waals surface area contributed by atoms with Crippen LogP contribution < -0.4 is 4.74 Å². The van der Waals surface area contributed by atoms with Gasteiger partial charge in [-0.05, 0) is 64.4 Å². The number of hydrogen-bond acceptors (Lipinski definition) is 7. The summed E-state index contributed by atoms with van der Waals surface area (Å²) in [7, 11) is 0. The molecule has 0 aliphatic carbocycles. The highest BCUT2D eigenvalue weighted by Gasteiger charge is 2.43. The molecule has 0 bridgehead atoms. The Kier molecular flexibility index (Phi) is 12.6. The lowest BCUT2D eigenvalue weighted by Gasteiger charge is -2.42. The summed E-state index contributed by atoms with van der Waals surface area (Å²) < 4.78 is 34.9. The molecule has 0 N–H and O–H groups in total. The largest absolute Gasteiger partial charge is 0.489 e. The van der Waals surface area contributed by atoms with E-state index in [0.29, 0.717) is 55.6 Å². The van der Waals surface area contributed by atoms with E-state index >= 15 is 0 Å². The molecule has 4 unspecified atom stereocenters. The summed E-state index contributed by atoms with van der Waals surface area (Å²) in [5.41, 5.74) is 6.38. The number of ketones is 1. The summed E-state index contributed by atoms with van der Waals surface area (Å²) in [6, 6.07) is 54.6. The normalized spacial score (nSPS) is 18.1. The summed E-state index contributed by atoms with van der Waals surface area (Å²) >= 11 is 1.51. The minimum atomic E-state index is -0.658. The molecule has 6 aromatic carbocycles. The average Bonchev–Trinajstić information content (AvgIpc) is 3.70. The molecule has 7 aromatic rings. The van der Waals surface area contributed by atoms with E-state index in [1.165, 1.54) is 11.3 Å². The molecule has 0 saturated carbocycles. The summed E-state index contributed by atoms with van der Waals surface area (Å²) in [6.07, 6.45) is -1.36. The molecule has 1 aliphatic rings. The number of carbonyl (C=O) groups is 1. The smallest absolute Gasteiger partial charge is 0.203 e. The topological polar surface area (TPSA) is 63.2 Å². The van der Waals surface area contributed by atoms with E-state index in [2.05, 4.69) is 42.5 Å². The third-order valence-electron chi connectivity index (χ3n) is 10.3. The van der Waals surface area contributed by atoms with Crippen molar-refractivity contribution in [2.75, 3.05) is 6.61 Å². The first-order valence-electron chi connectivity index (χ1n) is 19.5. The van der Waals surface area contributed by atoms with Gasteiger partial charge in [-0.1, -0.05) is 140 Å². The molecule has 0 radical (unpaired) electrons. The van der Waals surface area contributed by atoms with Gasteiger partial charge in [0.2, 0.25) is 5.78 Å². The number of hydrogen-bond donors (Lipinski definition) is 0. The maximum Gasteiger partial charge on any atom is 0.203 e. The molecule has 0 spiro atoms. The van der Waals surface area contributed by atoms with Gasteiger partial charge in [-0.15, -0.1) is 11.3 Å². The first-order valence-corrected chi connectivity index (χ1v) is 20.3. The molecule has 4 atom stereocenters.